The molecule has 2 N–H and O–H groups in total. The minimum atomic E-state index is -0.421. The number of rotatable bonds is 2. The number of amides is 1. The molecule has 1 amide bonds. The largest absolute Gasteiger partial charge is 0.488 e. The number of ketones is 1. The number of nitrogens with two attached hydrogens (primary N) is 1. The summed E-state index contributed by atoms with van der Waals surface area (Å²) in [6.45, 7) is 2.27. The molecule has 0 bridgehead atoms. The molecule has 1 aromatic heterocycles. The molecule has 0 atom stereocenters. The Hall–Kier alpha value is -2.56. The number of aromatic nitrogens is 1. The summed E-state index contributed by atoms with van der Waals surface area (Å²) < 4.78 is 7.49. The molecule has 21 heavy (non-hydrogen) atoms. The van der Waals surface area contributed by atoms with E-state index < -0.39 is 5.91 Å². The lowest BCUT2D eigenvalue weighted by Gasteiger charge is -2.08. The maximum Gasteiger partial charge on any atom is 0.223 e. The van der Waals surface area contributed by atoms with E-state index in [0.717, 1.165) is 16.8 Å². The highest BCUT2D eigenvalue weighted by atomic mass is 16.5. The molecule has 2 aromatic rings. The van der Waals surface area contributed by atoms with Crippen molar-refractivity contribution in [1.29, 1.82) is 0 Å². The molecule has 0 saturated carbocycles. The molecule has 108 valence electrons. The quantitative estimate of drug-likeness (QED) is 0.907. The third-order valence-corrected chi connectivity index (χ3v) is 3.75. The van der Waals surface area contributed by atoms with Crippen LogP contribution in [0.15, 0.2) is 24.3 Å². The number of fused-ring (bicyclic) bond motifs is 2. The number of primary amides is 1. The van der Waals surface area contributed by atoms with Gasteiger partial charge in [-0.3, -0.25) is 9.59 Å². The second-order valence-electron chi connectivity index (χ2n) is 5.33. The highest BCUT2D eigenvalue weighted by Gasteiger charge is 2.27. The van der Waals surface area contributed by atoms with E-state index in [-0.39, 0.29) is 12.2 Å². The van der Waals surface area contributed by atoms with Crippen LogP contribution < -0.4 is 10.5 Å². The van der Waals surface area contributed by atoms with Crippen molar-refractivity contribution < 1.29 is 14.3 Å². The smallest absolute Gasteiger partial charge is 0.223 e. The van der Waals surface area contributed by atoms with Crippen molar-refractivity contribution >= 4 is 11.7 Å². The van der Waals surface area contributed by atoms with Crippen LogP contribution >= 0.6 is 0 Å². The molecule has 1 aliphatic heterocycles. The maximum absolute atomic E-state index is 12.7. The van der Waals surface area contributed by atoms with Gasteiger partial charge in [-0.15, -0.1) is 0 Å². The van der Waals surface area contributed by atoms with Gasteiger partial charge in [0.1, 0.15) is 12.4 Å². The lowest BCUT2D eigenvalue weighted by atomic mass is 10.0. The van der Waals surface area contributed by atoms with E-state index in [1.54, 1.807) is 17.7 Å². The average molecular weight is 284 g/mol. The first-order valence-electron chi connectivity index (χ1n) is 6.71. The van der Waals surface area contributed by atoms with Crippen molar-refractivity contribution in [2.24, 2.45) is 12.8 Å². The molecule has 0 radical (unpaired) electrons. The van der Waals surface area contributed by atoms with Crippen LogP contribution in [-0.4, -0.2) is 16.3 Å². The van der Waals surface area contributed by atoms with Gasteiger partial charge in [-0.1, -0.05) is 6.07 Å². The first-order valence-corrected chi connectivity index (χ1v) is 6.71. The Morgan fingerprint density at radius 2 is 2.14 bits per heavy atom. The predicted molar refractivity (Wildman–Crippen MR) is 77.3 cm³/mol. The lowest BCUT2D eigenvalue weighted by Crippen LogP contribution is -2.17. The van der Waals surface area contributed by atoms with Crippen molar-refractivity contribution in [3.8, 4) is 5.75 Å². The fourth-order valence-electron chi connectivity index (χ4n) is 2.70. The Labute approximate surface area is 122 Å². The third-order valence-electron chi connectivity index (χ3n) is 3.75. The molecule has 0 unspecified atom stereocenters. The monoisotopic (exact) mass is 284 g/mol. The van der Waals surface area contributed by atoms with Crippen molar-refractivity contribution in [3.63, 3.8) is 0 Å². The normalized spacial score (nSPS) is 13.1. The summed E-state index contributed by atoms with van der Waals surface area (Å²) in [6, 6.07) is 7.35. The van der Waals surface area contributed by atoms with Crippen molar-refractivity contribution in [3.05, 3.63) is 52.3 Å². The number of nitrogens with zero attached hydrogens (tertiary/aromatic N) is 1. The van der Waals surface area contributed by atoms with Gasteiger partial charge in [-0.05, 0) is 30.7 Å². The van der Waals surface area contributed by atoms with Crippen molar-refractivity contribution in [2.75, 3.05) is 0 Å². The lowest BCUT2D eigenvalue weighted by molar-refractivity contribution is -0.117. The van der Waals surface area contributed by atoms with Gasteiger partial charge in [-0.2, -0.15) is 0 Å². The van der Waals surface area contributed by atoms with Gasteiger partial charge in [0.05, 0.1) is 17.7 Å². The summed E-state index contributed by atoms with van der Waals surface area (Å²) in [5, 5.41) is 0. The van der Waals surface area contributed by atoms with E-state index in [4.69, 9.17) is 10.5 Å². The number of benzene rings is 1. The molecule has 1 aromatic carbocycles. The van der Waals surface area contributed by atoms with Crippen LogP contribution in [0.2, 0.25) is 0 Å². The predicted octanol–water partition coefficient (Wildman–Crippen LogP) is 1.48. The zero-order valence-electron chi connectivity index (χ0n) is 12.0. The van der Waals surface area contributed by atoms with E-state index in [9.17, 15) is 9.59 Å². The van der Waals surface area contributed by atoms with Gasteiger partial charge < -0.3 is 15.0 Å². The number of carbonyl (C=O) groups excluding carboxylic acids is 2. The Kier molecular flexibility index (Phi) is 3.05. The van der Waals surface area contributed by atoms with E-state index in [1.807, 2.05) is 25.1 Å². The summed E-state index contributed by atoms with van der Waals surface area (Å²) in [6.07, 6.45) is 0.109. The summed E-state index contributed by atoms with van der Waals surface area (Å²) >= 11 is 0. The zero-order chi connectivity index (χ0) is 15.1. The molecule has 0 spiro atoms. The molecule has 0 aliphatic carbocycles. The van der Waals surface area contributed by atoms with E-state index in [0.29, 0.717) is 23.6 Å². The number of aryl methyl sites for hydroxylation is 1. The summed E-state index contributed by atoms with van der Waals surface area (Å²) in [4.78, 5) is 23.9. The highest BCUT2D eigenvalue weighted by Crippen LogP contribution is 2.30. The van der Waals surface area contributed by atoms with Gasteiger partial charge in [0.15, 0.2) is 0 Å². The molecule has 3 rings (SSSR count). The van der Waals surface area contributed by atoms with Gasteiger partial charge >= 0.3 is 0 Å². The summed E-state index contributed by atoms with van der Waals surface area (Å²) in [5.74, 6) is 0.0959. The van der Waals surface area contributed by atoms with Crippen LogP contribution in [0.1, 0.15) is 32.9 Å². The Morgan fingerprint density at radius 3 is 2.86 bits per heavy atom. The molecular formula is C16H16N2O3. The first-order chi connectivity index (χ1) is 9.97. The van der Waals surface area contributed by atoms with Crippen LogP contribution in [0.3, 0.4) is 0 Å². The fraction of sp³-hybridized carbons (Fsp3) is 0.250. The van der Waals surface area contributed by atoms with Crippen LogP contribution in [0, 0.1) is 6.92 Å². The second-order valence-corrected chi connectivity index (χ2v) is 5.33. The standard InChI is InChI=1S/C16H16N2O3/c1-9-3-4-12-13(5-9)21-8-10-6-11(7-14(17)19)18(2)15(10)16(12)20/h3-6H,7-8H2,1-2H3,(H2,17,19). The SMILES string of the molecule is Cc1ccc2c(c1)OCc1cc(CC(N)=O)n(C)c1C2=O. The van der Waals surface area contributed by atoms with Gasteiger partial charge in [0.2, 0.25) is 11.7 Å². The van der Waals surface area contributed by atoms with Crippen molar-refractivity contribution in [2.45, 2.75) is 20.0 Å². The molecule has 0 fully saturated rings. The zero-order valence-corrected chi connectivity index (χ0v) is 12.0. The van der Waals surface area contributed by atoms with E-state index >= 15 is 0 Å². The van der Waals surface area contributed by atoms with Crippen LogP contribution in [0.4, 0.5) is 0 Å². The Bertz CT molecular complexity index is 759. The van der Waals surface area contributed by atoms with Gasteiger partial charge in [-0.25, -0.2) is 0 Å². The van der Waals surface area contributed by atoms with Crippen LogP contribution in [0.25, 0.3) is 0 Å². The summed E-state index contributed by atoms with van der Waals surface area (Å²) in [7, 11) is 1.77. The van der Waals surface area contributed by atoms with Crippen LogP contribution in [-0.2, 0) is 24.9 Å². The maximum atomic E-state index is 12.7. The first kappa shape index (κ1) is 13.4. The highest BCUT2D eigenvalue weighted by molar-refractivity contribution is 6.11. The number of hydrogen-bond donors (Lipinski definition) is 1. The molecule has 0 saturated heterocycles. The number of carbonyl (C=O) groups is 2. The van der Waals surface area contributed by atoms with E-state index in [2.05, 4.69) is 0 Å². The Morgan fingerprint density at radius 1 is 1.38 bits per heavy atom. The summed E-state index contributed by atoms with van der Waals surface area (Å²) in [5.41, 5.74) is 8.90. The molecular weight excluding hydrogens is 268 g/mol. The molecule has 5 nitrogen and oxygen atoms in total. The average Bonchev–Trinajstić information content (AvgIpc) is 2.64. The van der Waals surface area contributed by atoms with Gasteiger partial charge in [0, 0.05) is 18.3 Å². The minimum absolute atomic E-state index is 0.0873. The van der Waals surface area contributed by atoms with Crippen LogP contribution in [0.5, 0.6) is 5.75 Å². The minimum Gasteiger partial charge on any atom is -0.488 e. The molecule has 2 heterocycles. The van der Waals surface area contributed by atoms with Gasteiger partial charge in [0.25, 0.3) is 0 Å². The fourth-order valence-corrected chi connectivity index (χ4v) is 2.70. The molecule has 5 heteroatoms. The third kappa shape index (κ3) is 2.20. The number of ether oxygens (including phenoxy) is 1. The van der Waals surface area contributed by atoms with E-state index in [1.165, 1.54) is 0 Å². The Balaban J connectivity index is 2.12. The molecule has 1 aliphatic rings. The van der Waals surface area contributed by atoms with Crippen molar-refractivity contribution in [1.82, 2.24) is 4.57 Å². The number of hydrogen-bond acceptors (Lipinski definition) is 3. The topological polar surface area (TPSA) is 74.3 Å². The second kappa shape index (κ2) is 4.77.